The van der Waals surface area contributed by atoms with Crippen LogP contribution in [0.15, 0.2) is 35.4 Å². The van der Waals surface area contributed by atoms with Crippen molar-refractivity contribution in [3.8, 4) is 11.3 Å². The van der Waals surface area contributed by atoms with Gasteiger partial charge < -0.3 is 5.32 Å². The molecule has 102 valence electrons. The van der Waals surface area contributed by atoms with Gasteiger partial charge in [0.15, 0.2) is 0 Å². The molecule has 2 N–H and O–H groups in total. The Balaban J connectivity index is 1.86. The van der Waals surface area contributed by atoms with Gasteiger partial charge >= 0.3 is 0 Å². The van der Waals surface area contributed by atoms with Crippen LogP contribution in [0.5, 0.6) is 0 Å². The number of H-pyrrole nitrogens is 1. The van der Waals surface area contributed by atoms with Crippen LogP contribution in [-0.2, 0) is 0 Å². The van der Waals surface area contributed by atoms with Crippen LogP contribution < -0.4 is 10.9 Å². The van der Waals surface area contributed by atoms with Crippen LogP contribution >= 0.6 is 0 Å². The maximum Gasteiger partial charge on any atom is 0.277 e. The monoisotopic (exact) mass is 270 g/mol. The lowest BCUT2D eigenvalue weighted by molar-refractivity contribution is 0.0950. The summed E-state index contributed by atoms with van der Waals surface area (Å²) in [4.78, 5) is 27.6. The number of hydrogen-bond acceptors (Lipinski definition) is 4. The minimum Gasteiger partial charge on any atom is -0.352 e. The van der Waals surface area contributed by atoms with Gasteiger partial charge in [0.25, 0.3) is 11.5 Å². The highest BCUT2D eigenvalue weighted by Crippen LogP contribution is 2.27. The van der Waals surface area contributed by atoms with Crippen molar-refractivity contribution in [2.75, 3.05) is 6.54 Å². The number of carbonyl (C=O) groups excluding carboxylic acids is 1. The van der Waals surface area contributed by atoms with Crippen molar-refractivity contribution in [2.45, 2.75) is 12.8 Å². The quantitative estimate of drug-likeness (QED) is 0.866. The van der Waals surface area contributed by atoms with Gasteiger partial charge in [-0.2, -0.15) is 5.10 Å². The Morgan fingerprint density at radius 1 is 1.35 bits per heavy atom. The van der Waals surface area contributed by atoms with E-state index in [1.54, 1.807) is 24.5 Å². The van der Waals surface area contributed by atoms with Crippen LogP contribution in [0.3, 0.4) is 0 Å². The molecular formula is C14H14N4O2. The smallest absolute Gasteiger partial charge is 0.277 e. The largest absolute Gasteiger partial charge is 0.352 e. The summed E-state index contributed by atoms with van der Waals surface area (Å²) in [5.41, 5.74) is 0.958. The van der Waals surface area contributed by atoms with E-state index in [2.05, 4.69) is 20.5 Å². The molecule has 1 fully saturated rings. The fourth-order valence-corrected chi connectivity index (χ4v) is 1.90. The molecule has 0 bridgehead atoms. The number of hydrogen-bond donors (Lipinski definition) is 2. The van der Waals surface area contributed by atoms with Crippen LogP contribution in [0.2, 0.25) is 0 Å². The van der Waals surface area contributed by atoms with Crippen molar-refractivity contribution in [3.63, 3.8) is 0 Å². The van der Waals surface area contributed by atoms with Crippen LogP contribution in [0.1, 0.15) is 23.2 Å². The lowest BCUT2D eigenvalue weighted by Crippen LogP contribution is -2.31. The molecular weight excluding hydrogens is 256 g/mol. The molecule has 0 aliphatic heterocycles. The number of aromatic amines is 1. The predicted octanol–water partition coefficient (Wildman–Crippen LogP) is 0.972. The summed E-state index contributed by atoms with van der Waals surface area (Å²) >= 11 is 0. The normalized spacial score (nSPS) is 14.0. The Morgan fingerprint density at radius 2 is 2.10 bits per heavy atom. The second-order valence-electron chi connectivity index (χ2n) is 4.89. The van der Waals surface area contributed by atoms with Gasteiger partial charge in [0.05, 0.1) is 5.69 Å². The SMILES string of the molecule is O=C(NCC1CC1)c1cc(-c2ccncc2)n[nH]c1=O. The molecule has 6 nitrogen and oxygen atoms in total. The molecule has 0 unspecified atom stereocenters. The van der Waals surface area contributed by atoms with Crippen molar-refractivity contribution < 1.29 is 4.79 Å². The number of amides is 1. The molecule has 3 rings (SSSR count). The lowest BCUT2D eigenvalue weighted by atomic mass is 10.1. The molecule has 2 aromatic rings. The number of nitrogens with zero attached hydrogens (tertiary/aromatic N) is 2. The first-order valence-corrected chi connectivity index (χ1v) is 6.52. The van der Waals surface area contributed by atoms with E-state index < -0.39 is 5.56 Å². The maximum atomic E-state index is 12.0. The van der Waals surface area contributed by atoms with E-state index in [1.807, 2.05) is 0 Å². The highest BCUT2D eigenvalue weighted by Gasteiger charge is 2.22. The molecule has 0 radical (unpaired) electrons. The molecule has 0 atom stereocenters. The Kier molecular flexibility index (Phi) is 3.28. The maximum absolute atomic E-state index is 12.0. The summed E-state index contributed by atoms with van der Waals surface area (Å²) in [6, 6.07) is 5.05. The third-order valence-electron chi connectivity index (χ3n) is 3.27. The van der Waals surface area contributed by atoms with Crippen molar-refractivity contribution in [1.29, 1.82) is 0 Å². The third-order valence-corrected chi connectivity index (χ3v) is 3.27. The molecule has 1 amide bonds. The standard InChI is InChI=1S/C14H14N4O2/c19-13(16-8-9-1-2-9)11-7-12(17-18-14(11)20)10-3-5-15-6-4-10/h3-7,9H,1-2,8H2,(H,16,19)(H,18,20). The summed E-state index contributed by atoms with van der Waals surface area (Å²) < 4.78 is 0. The number of nitrogens with one attached hydrogen (secondary N) is 2. The molecule has 2 aromatic heterocycles. The minimum atomic E-state index is -0.476. The fraction of sp³-hybridized carbons (Fsp3) is 0.286. The van der Waals surface area contributed by atoms with Crippen LogP contribution in [-0.4, -0.2) is 27.6 Å². The highest BCUT2D eigenvalue weighted by atomic mass is 16.2. The van der Waals surface area contributed by atoms with Crippen molar-refractivity contribution in [1.82, 2.24) is 20.5 Å². The molecule has 0 saturated heterocycles. The second-order valence-corrected chi connectivity index (χ2v) is 4.89. The van der Waals surface area contributed by atoms with Crippen molar-refractivity contribution in [3.05, 3.63) is 46.5 Å². The summed E-state index contributed by atoms with van der Waals surface area (Å²) in [7, 11) is 0. The lowest BCUT2D eigenvalue weighted by Gasteiger charge is -2.05. The third kappa shape index (κ3) is 2.74. The first-order chi connectivity index (χ1) is 9.74. The van der Waals surface area contributed by atoms with Crippen LogP contribution in [0.4, 0.5) is 0 Å². The van der Waals surface area contributed by atoms with E-state index in [9.17, 15) is 9.59 Å². The van der Waals surface area contributed by atoms with E-state index in [1.165, 1.54) is 6.07 Å². The van der Waals surface area contributed by atoms with Gasteiger partial charge in [-0.25, -0.2) is 5.10 Å². The van der Waals surface area contributed by atoms with Gasteiger partial charge in [-0.1, -0.05) is 0 Å². The zero-order valence-electron chi connectivity index (χ0n) is 10.8. The Bertz CT molecular complexity index is 677. The Hall–Kier alpha value is -2.50. The van der Waals surface area contributed by atoms with Gasteiger partial charge in [-0.05, 0) is 37.0 Å². The Labute approximate surface area is 115 Å². The van der Waals surface area contributed by atoms with Crippen LogP contribution in [0.25, 0.3) is 11.3 Å². The molecule has 0 aromatic carbocycles. The first-order valence-electron chi connectivity index (χ1n) is 6.52. The van der Waals surface area contributed by atoms with Gasteiger partial charge in [-0.15, -0.1) is 0 Å². The van der Waals surface area contributed by atoms with E-state index in [-0.39, 0.29) is 11.5 Å². The summed E-state index contributed by atoms with van der Waals surface area (Å²) in [5.74, 6) is 0.218. The van der Waals surface area contributed by atoms with E-state index in [0.29, 0.717) is 18.2 Å². The van der Waals surface area contributed by atoms with Gasteiger partial charge in [0.2, 0.25) is 0 Å². The number of carbonyl (C=O) groups is 1. The molecule has 1 aliphatic carbocycles. The first kappa shape index (κ1) is 12.5. The van der Waals surface area contributed by atoms with Crippen molar-refractivity contribution in [2.24, 2.45) is 5.92 Å². The number of rotatable bonds is 4. The van der Waals surface area contributed by atoms with E-state index >= 15 is 0 Å². The molecule has 0 spiro atoms. The average molecular weight is 270 g/mol. The summed E-state index contributed by atoms with van der Waals surface area (Å²) in [6.45, 7) is 0.630. The number of pyridine rings is 1. The molecule has 6 heteroatoms. The highest BCUT2D eigenvalue weighted by molar-refractivity contribution is 5.94. The Morgan fingerprint density at radius 3 is 2.80 bits per heavy atom. The predicted molar refractivity (Wildman–Crippen MR) is 73.1 cm³/mol. The average Bonchev–Trinajstić information content (AvgIpc) is 3.30. The fourth-order valence-electron chi connectivity index (χ4n) is 1.90. The number of aromatic nitrogens is 3. The zero-order valence-corrected chi connectivity index (χ0v) is 10.8. The van der Waals surface area contributed by atoms with Gasteiger partial charge in [0.1, 0.15) is 5.56 Å². The van der Waals surface area contributed by atoms with Crippen LogP contribution in [0, 0.1) is 5.92 Å². The topological polar surface area (TPSA) is 87.7 Å². The zero-order chi connectivity index (χ0) is 13.9. The second kappa shape index (κ2) is 5.24. The van der Waals surface area contributed by atoms with Crippen molar-refractivity contribution >= 4 is 5.91 Å². The minimum absolute atomic E-state index is 0.0902. The molecule has 1 aliphatic rings. The molecule has 2 heterocycles. The molecule has 1 saturated carbocycles. The van der Waals surface area contributed by atoms with Gasteiger partial charge in [0, 0.05) is 24.5 Å². The molecule has 20 heavy (non-hydrogen) atoms. The van der Waals surface area contributed by atoms with Gasteiger partial charge in [-0.3, -0.25) is 14.6 Å². The summed E-state index contributed by atoms with van der Waals surface area (Å²) in [6.07, 6.45) is 5.56. The van der Waals surface area contributed by atoms with E-state index in [4.69, 9.17) is 0 Å². The van der Waals surface area contributed by atoms with E-state index in [0.717, 1.165) is 18.4 Å². The summed E-state index contributed by atoms with van der Waals surface area (Å²) in [5, 5.41) is 9.10.